The van der Waals surface area contributed by atoms with Gasteiger partial charge in [0.15, 0.2) is 0 Å². The third kappa shape index (κ3) is 4.16. The van der Waals surface area contributed by atoms with E-state index < -0.39 is 0 Å². The number of benzene rings is 3. The minimum atomic E-state index is 0.0927. The van der Waals surface area contributed by atoms with Crippen molar-refractivity contribution in [3.63, 3.8) is 0 Å². The average Bonchev–Trinajstić information content (AvgIpc) is 2.63. The van der Waals surface area contributed by atoms with Crippen LogP contribution >= 0.6 is 11.6 Å². The molecule has 2 nitrogen and oxygen atoms in total. The summed E-state index contributed by atoms with van der Waals surface area (Å²) in [5, 5.41) is 9.81. The highest BCUT2D eigenvalue weighted by molar-refractivity contribution is 6.31. The van der Waals surface area contributed by atoms with E-state index in [1.54, 1.807) is 0 Å². The molecule has 3 aromatic rings. The summed E-state index contributed by atoms with van der Waals surface area (Å²) < 4.78 is 5.81. The van der Waals surface area contributed by atoms with Crippen LogP contribution in [0.5, 0.6) is 5.75 Å². The van der Waals surface area contributed by atoms with E-state index in [4.69, 9.17) is 21.4 Å². The zero-order valence-corrected chi connectivity index (χ0v) is 14.0. The maximum absolute atomic E-state index is 9.12. The van der Waals surface area contributed by atoms with E-state index in [1.807, 2.05) is 72.8 Å². The molecule has 0 atom stereocenters. The number of aliphatic hydroxyl groups excluding tert-OH is 1. The van der Waals surface area contributed by atoms with E-state index >= 15 is 0 Å². The van der Waals surface area contributed by atoms with E-state index in [0.29, 0.717) is 18.1 Å². The summed E-state index contributed by atoms with van der Waals surface area (Å²) in [6, 6.07) is 24.0. The second kappa shape index (κ2) is 8.00. The van der Waals surface area contributed by atoms with E-state index in [9.17, 15) is 0 Å². The van der Waals surface area contributed by atoms with Gasteiger partial charge in [-0.25, -0.2) is 0 Å². The van der Waals surface area contributed by atoms with Gasteiger partial charge >= 0.3 is 0 Å². The Balaban J connectivity index is 1.71. The van der Waals surface area contributed by atoms with Crippen LogP contribution in [0.1, 0.15) is 11.1 Å². The Hall–Kier alpha value is -2.29. The SMILES string of the molecule is OCCc1cc(-c2ccc(OCc3ccccc3)cc2)ccc1Cl. The quantitative estimate of drug-likeness (QED) is 0.676. The van der Waals surface area contributed by atoms with Gasteiger partial charge in [-0.2, -0.15) is 0 Å². The third-order valence-corrected chi connectivity index (χ3v) is 4.23. The lowest BCUT2D eigenvalue weighted by Crippen LogP contribution is -1.95. The Morgan fingerprint density at radius 3 is 2.25 bits per heavy atom. The molecule has 0 unspecified atom stereocenters. The third-order valence-electron chi connectivity index (χ3n) is 3.86. The van der Waals surface area contributed by atoms with Gasteiger partial charge in [0, 0.05) is 11.6 Å². The van der Waals surface area contributed by atoms with Crippen LogP contribution in [0, 0.1) is 0 Å². The van der Waals surface area contributed by atoms with Crippen molar-refractivity contribution >= 4 is 11.6 Å². The van der Waals surface area contributed by atoms with Gasteiger partial charge in [0.1, 0.15) is 12.4 Å². The summed E-state index contributed by atoms with van der Waals surface area (Å²) in [5.41, 5.74) is 4.28. The lowest BCUT2D eigenvalue weighted by Gasteiger charge is -2.09. The van der Waals surface area contributed by atoms with Crippen molar-refractivity contribution < 1.29 is 9.84 Å². The van der Waals surface area contributed by atoms with Gasteiger partial charge in [-0.1, -0.05) is 60.1 Å². The minimum Gasteiger partial charge on any atom is -0.489 e. The zero-order chi connectivity index (χ0) is 16.8. The first kappa shape index (κ1) is 16.6. The van der Waals surface area contributed by atoms with E-state index in [1.165, 1.54) is 0 Å². The average molecular weight is 339 g/mol. The number of hydrogen-bond acceptors (Lipinski definition) is 2. The molecule has 0 saturated heterocycles. The van der Waals surface area contributed by atoms with Crippen molar-refractivity contribution in [1.29, 1.82) is 0 Å². The second-order valence-electron chi connectivity index (χ2n) is 5.58. The Morgan fingerprint density at radius 1 is 0.833 bits per heavy atom. The van der Waals surface area contributed by atoms with Gasteiger partial charge < -0.3 is 9.84 Å². The van der Waals surface area contributed by atoms with Crippen molar-refractivity contribution in [2.45, 2.75) is 13.0 Å². The van der Waals surface area contributed by atoms with Gasteiger partial charge in [-0.3, -0.25) is 0 Å². The number of ether oxygens (including phenoxy) is 1. The molecular weight excluding hydrogens is 320 g/mol. The van der Waals surface area contributed by atoms with Crippen molar-refractivity contribution in [2.75, 3.05) is 6.61 Å². The fourth-order valence-electron chi connectivity index (χ4n) is 2.55. The lowest BCUT2D eigenvalue weighted by molar-refractivity contribution is 0.299. The summed E-state index contributed by atoms with van der Waals surface area (Å²) >= 11 is 6.16. The molecule has 3 rings (SSSR count). The van der Waals surface area contributed by atoms with Crippen molar-refractivity contribution in [1.82, 2.24) is 0 Å². The maximum atomic E-state index is 9.12. The van der Waals surface area contributed by atoms with E-state index in [0.717, 1.165) is 28.0 Å². The van der Waals surface area contributed by atoms with Crippen LogP contribution in [0.25, 0.3) is 11.1 Å². The van der Waals surface area contributed by atoms with Crippen LogP contribution in [0.4, 0.5) is 0 Å². The number of hydrogen-bond donors (Lipinski definition) is 1. The van der Waals surface area contributed by atoms with Crippen LogP contribution < -0.4 is 4.74 Å². The first-order chi connectivity index (χ1) is 11.8. The van der Waals surface area contributed by atoms with Crippen molar-refractivity contribution in [3.05, 3.63) is 88.9 Å². The summed E-state index contributed by atoms with van der Waals surface area (Å²) in [5.74, 6) is 0.840. The topological polar surface area (TPSA) is 29.5 Å². The molecule has 0 aliphatic carbocycles. The van der Waals surface area contributed by atoms with Crippen LogP contribution in [0.2, 0.25) is 5.02 Å². The summed E-state index contributed by atoms with van der Waals surface area (Å²) in [7, 11) is 0. The van der Waals surface area contributed by atoms with Gasteiger partial charge in [0.25, 0.3) is 0 Å². The number of halogens is 1. The highest BCUT2D eigenvalue weighted by atomic mass is 35.5. The van der Waals surface area contributed by atoms with Crippen LogP contribution in [0.3, 0.4) is 0 Å². The molecule has 0 radical (unpaired) electrons. The summed E-state index contributed by atoms with van der Waals surface area (Å²) in [4.78, 5) is 0. The minimum absolute atomic E-state index is 0.0927. The molecule has 3 aromatic carbocycles. The summed E-state index contributed by atoms with van der Waals surface area (Å²) in [6.45, 7) is 0.650. The summed E-state index contributed by atoms with van der Waals surface area (Å²) in [6.07, 6.45) is 0.560. The Kier molecular flexibility index (Phi) is 5.52. The maximum Gasteiger partial charge on any atom is 0.119 e. The molecule has 0 fully saturated rings. The second-order valence-corrected chi connectivity index (χ2v) is 5.99. The molecule has 0 aliphatic rings. The fraction of sp³-hybridized carbons (Fsp3) is 0.143. The molecule has 0 heterocycles. The van der Waals surface area contributed by atoms with Crippen molar-refractivity contribution in [2.24, 2.45) is 0 Å². The van der Waals surface area contributed by atoms with Gasteiger partial charge in [-0.15, -0.1) is 0 Å². The first-order valence-corrected chi connectivity index (χ1v) is 8.30. The lowest BCUT2D eigenvalue weighted by atomic mass is 10.0. The first-order valence-electron chi connectivity index (χ1n) is 7.93. The highest BCUT2D eigenvalue weighted by Crippen LogP contribution is 2.27. The molecule has 0 amide bonds. The predicted octanol–water partition coefficient (Wildman–Crippen LogP) is 5.12. The smallest absolute Gasteiger partial charge is 0.119 e. The number of aliphatic hydroxyl groups is 1. The molecule has 122 valence electrons. The number of rotatable bonds is 6. The Bertz CT molecular complexity index is 783. The zero-order valence-electron chi connectivity index (χ0n) is 13.3. The molecular formula is C21H19ClO2. The Morgan fingerprint density at radius 2 is 1.54 bits per heavy atom. The van der Waals surface area contributed by atoms with Gasteiger partial charge in [0.05, 0.1) is 0 Å². The van der Waals surface area contributed by atoms with E-state index in [-0.39, 0.29) is 6.61 Å². The molecule has 3 heteroatoms. The van der Waals surface area contributed by atoms with Gasteiger partial charge in [0.2, 0.25) is 0 Å². The molecule has 0 spiro atoms. The molecule has 1 N–H and O–H groups in total. The largest absolute Gasteiger partial charge is 0.489 e. The normalized spacial score (nSPS) is 10.6. The monoisotopic (exact) mass is 338 g/mol. The molecule has 0 aromatic heterocycles. The fourth-order valence-corrected chi connectivity index (χ4v) is 2.76. The van der Waals surface area contributed by atoms with E-state index in [2.05, 4.69) is 0 Å². The standard InChI is InChI=1S/C21H19ClO2/c22-21-11-8-18(14-19(21)12-13-23)17-6-9-20(10-7-17)24-15-16-4-2-1-3-5-16/h1-11,14,23H,12-13,15H2. The van der Waals surface area contributed by atoms with Crippen LogP contribution in [-0.2, 0) is 13.0 Å². The molecule has 0 aliphatic heterocycles. The van der Waals surface area contributed by atoms with Crippen LogP contribution in [0.15, 0.2) is 72.8 Å². The highest BCUT2D eigenvalue weighted by Gasteiger charge is 2.04. The van der Waals surface area contributed by atoms with Crippen molar-refractivity contribution in [3.8, 4) is 16.9 Å². The Labute approximate surface area is 147 Å². The molecule has 0 saturated carbocycles. The molecule has 24 heavy (non-hydrogen) atoms. The van der Waals surface area contributed by atoms with Gasteiger partial charge in [-0.05, 0) is 52.9 Å². The van der Waals surface area contributed by atoms with Crippen LogP contribution in [-0.4, -0.2) is 11.7 Å². The molecule has 0 bridgehead atoms. The predicted molar refractivity (Wildman–Crippen MR) is 98.5 cm³/mol.